The number of rotatable bonds is 3. The highest BCUT2D eigenvalue weighted by molar-refractivity contribution is 7.71. The molecule has 90 valence electrons. The van der Waals surface area contributed by atoms with Crippen molar-refractivity contribution < 1.29 is 0 Å². The van der Waals surface area contributed by atoms with Gasteiger partial charge in [0, 0.05) is 12.2 Å². The van der Waals surface area contributed by atoms with E-state index in [1.165, 1.54) is 0 Å². The van der Waals surface area contributed by atoms with Crippen molar-refractivity contribution in [1.82, 2.24) is 19.7 Å². The summed E-state index contributed by atoms with van der Waals surface area (Å²) < 4.78 is 2.05. The fourth-order valence-electron chi connectivity index (χ4n) is 1.63. The Hall–Kier alpha value is -1.69. The van der Waals surface area contributed by atoms with Crippen LogP contribution in [0.25, 0.3) is 11.4 Å². The highest BCUT2D eigenvalue weighted by Gasteiger charge is 2.11. The third-order valence-corrected chi connectivity index (χ3v) is 2.99. The summed E-state index contributed by atoms with van der Waals surface area (Å²) >= 11 is 4.88. The summed E-state index contributed by atoms with van der Waals surface area (Å²) in [4.78, 5) is 16.3. The lowest BCUT2D eigenvalue weighted by Gasteiger charge is -2.13. The molecular formula is C11H14N4OS. The predicted molar refractivity (Wildman–Crippen MR) is 68.5 cm³/mol. The van der Waals surface area contributed by atoms with Gasteiger partial charge < -0.3 is 4.57 Å². The molecular weight excluding hydrogens is 236 g/mol. The molecule has 2 aromatic rings. The summed E-state index contributed by atoms with van der Waals surface area (Å²) in [7, 11) is 0. The third-order valence-electron chi connectivity index (χ3n) is 2.80. The van der Waals surface area contributed by atoms with Crippen LogP contribution in [0.3, 0.4) is 0 Å². The van der Waals surface area contributed by atoms with Gasteiger partial charge in [-0.15, -0.1) is 0 Å². The number of pyridine rings is 1. The molecule has 1 unspecified atom stereocenters. The summed E-state index contributed by atoms with van der Waals surface area (Å²) in [6.07, 6.45) is 2.70. The lowest BCUT2D eigenvalue weighted by molar-refractivity contribution is 0.515. The minimum atomic E-state index is -0.0559. The van der Waals surface area contributed by atoms with Crippen LogP contribution in [0.1, 0.15) is 26.3 Å². The van der Waals surface area contributed by atoms with Crippen LogP contribution in [0.5, 0.6) is 0 Å². The van der Waals surface area contributed by atoms with Gasteiger partial charge in [-0.05, 0) is 37.7 Å². The number of aromatic amines is 2. The van der Waals surface area contributed by atoms with Gasteiger partial charge in [0.2, 0.25) is 4.77 Å². The van der Waals surface area contributed by atoms with Crippen molar-refractivity contribution in [2.45, 2.75) is 26.3 Å². The van der Waals surface area contributed by atoms with Gasteiger partial charge in [-0.2, -0.15) is 4.98 Å². The van der Waals surface area contributed by atoms with Crippen molar-refractivity contribution in [3.8, 4) is 11.4 Å². The van der Waals surface area contributed by atoms with Crippen molar-refractivity contribution in [3.63, 3.8) is 0 Å². The molecule has 2 heterocycles. The van der Waals surface area contributed by atoms with E-state index < -0.39 is 0 Å². The smallest absolute Gasteiger partial charge is 0.261 e. The Kier molecular flexibility index (Phi) is 3.23. The second-order valence-corrected chi connectivity index (χ2v) is 4.29. The highest BCUT2D eigenvalue weighted by Crippen LogP contribution is 2.11. The number of H-pyrrole nitrogens is 2. The standard InChI is InChI=1S/C11H14N4OS/c1-3-7(2)15-6-4-5-8(10(15)16)9-12-11(17)14-13-9/h4-7H,3H2,1-2H3,(H2,12,13,14,17). The second-order valence-electron chi connectivity index (χ2n) is 3.91. The van der Waals surface area contributed by atoms with Crippen LogP contribution in [-0.4, -0.2) is 19.7 Å². The Morgan fingerprint density at radius 1 is 1.53 bits per heavy atom. The molecule has 0 fully saturated rings. The van der Waals surface area contributed by atoms with Crippen LogP contribution in [0.4, 0.5) is 0 Å². The van der Waals surface area contributed by atoms with Gasteiger partial charge in [0.1, 0.15) is 0 Å². The molecule has 0 bridgehead atoms. The quantitative estimate of drug-likeness (QED) is 0.821. The first-order chi connectivity index (χ1) is 8.13. The molecule has 6 heteroatoms. The third kappa shape index (κ3) is 2.21. The van der Waals surface area contributed by atoms with Crippen molar-refractivity contribution in [2.75, 3.05) is 0 Å². The first-order valence-electron chi connectivity index (χ1n) is 5.49. The first-order valence-corrected chi connectivity index (χ1v) is 5.90. The molecule has 1 atom stereocenters. The van der Waals surface area contributed by atoms with E-state index in [9.17, 15) is 4.79 Å². The van der Waals surface area contributed by atoms with E-state index >= 15 is 0 Å². The number of hydrogen-bond donors (Lipinski definition) is 2. The molecule has 0 saturated carbocycles. The molecule has 0 aliphatic carbocycles. The molecule has 5 nitrogen and oxygen atoms in total. The Labute approximate surface area is 104 Å². The molecule has 2 rings (SSSR count). The van der Waals surface area contributed by atoms with Gasteiger partial charge >= 0.3 is 0 Å². The molecule has 0 aliphatic heterocycles. The fourth-order valence-corrected chi connectivity index (χ4v) is 1.77. The largest absolute Gasteiger partial charge is 0.312 e. The molecule has 2 aromatic heterocycles. The number of nitrogens with one attached hydrogen (secondary N) is 2. The maximum absolute atomic E-state index is 12.2. The zero-order valence-corrected chi connectivity index (χ0v) is 10.5. The van der Waals surface area contributed by atoms with E-state index in [1.54, 1.807) is 16.8 Å². The minimum absolute atomic E-state index is 0.0559. The number of nitrogens with zero attached hydrogens (tertiary/aromatic N) is 2. The van der Waals surface area contributed by atoms with Crippen LogP contribution in [-0.2, 0) is 0 Å². The SMILES string of the molecule is CCC(C)n1cccc(-c2nc(=S)[nH][nH]2)c1=O. The fraction of sp³-hybridized carbons (Fsp3) is 0.364. The van der Waals surface area contributed by atoms with Crippen LogP contribution in [0.2, 0.25) is 0 Å². The Morgan fingerprint density at radius 3 is 2.88 bits per heavy atom. The lowest BCUT2D eigenvalue weighted by atomic mass is 10.2. The van der Waals surface area contributed by atoms with E-state index in [0.29, 0.717) is 16.2 Å². The summed E-state index contributed by atoms with van der Waals surface area (Å²) in [6, 6.07) is 3.75. The van der Waals surface area contributed by atoms with Gasteiger partial charge in [-0.1, -0.05) is 6.92 Å². The van der Waals surface area contributed by atoms with E-state index in [0.717, 1.165) is 6.42 Å². The molecule has 2 N–H and O–H groups in total. The summed E-state index contributed by atoms with van der Waals surface area (Å²) in [5, 5.41) is 5.48. The zero-order valence-electron chi connectivity index (χ0n) is 9.73. The van der Waals surface area contributed by atoms with Gasteiger partial charge in [0.05, 0.1) is 5.56 Å². The van der Waals surface area contributed by atoms with Crippen LogP contribution < -0.4 is 5.56 Å². The summed E-state index contributed by atoms with van der Waals surface area (Å²) in [5.41, 5.74) is 0.472. The molecule has 0 radical (unpaired) electrons. The van der Waals surface area contributed by atoms with Gasteiger partial charge in [-0.25, -0.2) is 0 Å². The van der Waals surface area contributed by atoms with E-state index in [-0.39, 0.29) is 11.6 Å². The summed E-state index contributed by atoms with van der Waals surface area (Å²) in [6.45, 7) is 4.06. The first kappa shape index (κ1) is 11.8. The average Bonchev–Trinajstić information content (AvgIpc) is 2.75. The van der Waals surface area contributed by atoms with E-state index in [2.05, 4.69) is 15.2 Å². The molecule has 17 heavy (non-hydrogen) atoms. The summed E-state index contributed by atoms with van der Waals surface area (Å²) in [5.74, 6) is 0.484. The molecule has 0 aromatic carbocycles. The Bertz CT molecular complexity index is 625. The van der Waals surface area contributed by atoms with E-state index in [1.807, 2.05) is 19.9 Å². The van der Waals surface area contributed by atoms with Crippen LogP contribution in [0.15, 0.2) is 23.1 Å². The van der Waals surface area contributed by atoms with Crippen molar-refractivity contribution in [2.24, 2.45) is 0 Å². The maximum Gasteiger partial charge on any atom is 0.261 e. The Morgan fingerprint density at radius 2 is 2.29 bits per heavy atom. The normalized spacial score (nSPS) is 12.6. The number of aromatic nitrogens is 4. The second kappa shape index (κ2) is 4.67. The zero-order chi connectivity index (χ0) is 12.4. The molecule has 0 saturated heterocycles. The predicted octanol–water partition coefficient (Wildman–Crippen LogP) is 2.27. The topological polar surface area (TPSA) is 66.5 Å². The monoisotopic (exact) mass is 250 g/mol. The van der Waals surface area contributed by atoms with Crippen molar-refractivity contribution >= 4 is 12.2 Å². The van der Waals surface area contributed by atoms with Crippen LogP contribution >= 0.6 is 12.2 Å². The lowest BCUT2D eigenvalue weighted by Crippen LogP contribution is -2.23. The average molecular weight is 250 g/mol. The van der Waals surface area contributed by atoms with Gasteiger partial charge in [-0.3, -0.25) is 15.0 Å². The molecule has 0 spiro atoms. The number of hydrogen-bond acceptors (Lipinski definition) is 3. The molecule has 0 aliphatic rings. The maximum atomic E-state index is 12.2. The molecule has 0 amide bonds. The Balaban J connectivity index is 2.57. The van der Waals surface area contributed by atoms with Crippen molar-refractivity contribution in [1.29, 1.82) is 0 Å². The van der Waals surface area contributed by atoms with Crippen molar-refractivity contribution in [3.05, 3.63) is 33.5 Å². The van der Waals surface area contributed by atoms with E-state index in [4.69, 9.17) is 12.2 Å². The highest BCUT2D eigenvalue weighted by atomic mass is 32.1. The van der Waals surface area contributed by atoms with Crippen LogP contribution in [0, 0.1) is 4.77 Å². The minimum Gasteiger partial charge on any atom is -0.312 e. The van der Waals surface area contributed by atoms with Gasteiger partial charge in [0.15, 0.2) is 5.82 Å². The van der Waals surface area contributed by atoms with Gasteiger partial charge in [0.25, 0.3) is 5.56 Å².